The van der Waals surface area contributed by atoms with Crippen LogP contribution in [0.25, 0.3) is 11.1 Å². The number of rotatable bonds is 4. The third-order valence-corrected chi connectivity index (χ3v) is 6.59. The van der Waals surface area contributed by atoms with Crippen LogP contribution in [0, 0.1) is 5.92 Å². The number of benzene rings is 2. The van der Waals surface area contributed by atoms with Gasteiger partial charge in [0.05, 0.1) is 10.9 Å². The van der Waals surface area contributed by atoms with Crippen molar-refractivity contribution < 1.29 is 19.4 Å². The number of hydrogen-bond donors (Lipinski definition) is 1. The van der Waals surface area contributed by atoms with Crippen LogP contribution in [0.4, 0.5) is 4.79 Å². The van der Waals surface area contributed by atoms with E-state index in [-0.39, 0.29) is 25.6 Å². The van der Waals surface area contributed by atoms with Crippen LogP contribution in [0.5, 0.6) is 0 Å². The highest BCUT2D eigenvalue weighted by atomic mass is 35.5. The average molecular weight is 449 g/mol. The molecule has 6 nitrogen and oxygen atoms in total. The van der Waals surface area contributed by atoms with Crippen molar-refractivity contribution in [2.75, 3.05) is 19.7 Å². The summed E-state index contributed by atoms with van der Waals surface area (Å²) in [5.41, 5.74) is 5.19. The molecule has 1 amide bonds. The summed E-state index contributed by atoms with van der Waals surface area (Å²) in [6.07, 6.45) is 0.987. The van der Waals surface area contributed by atoms with E-state index in [0.29, 0.717) is 10.7 Å². The highest BCUT2D eigenvalue weighted by molar-refractivity contribution is 6.30. The zero-order valence-electron chi connectivity index (χ0n) is 17.1. The molecule has 1 fully saturated rings. The van der Waals surface area contributed by atoms with Crippen LogP contribution in [-0.2, 0) is 9.53 Å². The molecule has 32 heavy (non-hydrogen) atoms. The number of ether oxygens (including phenoxy) is 1. The SMILES string of the molecule is O=C(O)C1CN(C(=O)OCC2c3ccccc3-c3ccccc32)CC1c1ccc(Cl)cn1. The number of halogens is 1. The third-order valence-electron chi connectivity index (χ3n) is 6.36. The third kappa shape index (κ3) is 3.60. The molecule has 5 rings (SSSR count). The Morgan fingerprint density at radius 3 is 2.25 bits per heavy atom. The minimum atomic E-state index is -0.958. The fraction of sp³-hybridized carbons (Fsp3) is 0.240. The maximum absolute atomic E-state index is 12.9. The second-order valence-corrected chi connectivity index (χ2v) is 8.60. The van der Waals surface area contributed by atoms with Gasteiger partial charge in [0.15, 0.2) is 0 Å². The van der Waals surface area contributed by atoms with Gasteiger partial charge in [-0.15, -0.1) is 0 Å². The second-order valence-electron chi connectivity index (χ2n) is 8.16. The number of pyridine rings is 1. The van der Waals surface area contributed by atoms with Crippen molar-refractivity contribution in [1.82, 2.24) is 9.88 Å². The van der Waals surface area contributed by atoms with Gasteiger partial charge >= 0.3 is 12.1 Å². The predicted octanol–water partition coefficient (Wildman–Crippen LogP) is 4.78. The van der Waals surface area contributed by atoms with Crippen molar-refractivity contribution in [3.8, 4) is 11.1 Å². The summed E-state index contributed by atoms with van der Waals surface area (Å²) in [5, 5.41) is 10.2. The van der Waals surface area contributed by atoms with Crippen molar-refractivity contribution >= 4 is 23.7 Å². The maximum atomic E-state index is 12.9. The van der Waals surface area contributed by atoms with Crippen LogP contribution < -0.4 is 0 Å². The molecule has 2 atom stereocenters. The Hall–Kier alpha value is -3.38. The first-order chi connectivity index (χ1) is 15.5. The van der Waals surface area contributed by atoms with E-state index in [2.05, 4.69) is 29.2 Å². The van der Waals surface area contributed by atoms with E-state index in [1.54, 1.807) is 12.1 Å². The molecule has 7 heteroatoms. The largest absolute Gasteiger partial charge is 0.481 e. The molecule has 0 bridgehead atoms. The van der Waals surface area contributed by atoms with Gasteiger partial charge in [0.25, 0.3) is 0 Å². The van der Waals surface area contributed by atoms with E-state index in [0.717, 1.165) is 22.3 Å². The first kappa shape index (κ1) is 20.5. The number of fused-ring (bicyclic) bond motifs is 3. The van der Waals surface area contributed by atoms with Crippen molar-refractivity contribution in [2.45, 2.75) is 11.8 Å². The summed E-state index contributed by atoms with van der Waals surface area (Å²) in [4.78, 5) is 30.5. The quantitative estimate of drug-likeness (QED) is 0.621. The molecule has 0 spiro atoms. The van der Waals surface area contributed by atoms with Crippen LogP contribution in [0.15, 0.2) is 66.9 Å². The molecule has 2 heterocycles. The zero-order chi connectivity index (χ0) is 22.2. The number of likely N-dealkylation sites (tertiary alicyclic amines) is 1. The monoisotopic (exact) mass is 448 g/mol. The number of aliphatic carboxylic acids is 1. The lowest BCUT2D eigenvalue weighted by Crippen LogP contribution is -2.31. The van der Waals surface area contributed by atoms with Crippen molar-refractivity contribution in [1.29, 1.82) is 0 Å². The number of carboxylic acids is 1. The van der Waals surface area contributed by atoms with Crippen LogP contribution in [0.2, 0.25) is 5.02 Å². The van der Waals surface area contributed by atoms with Gasteiger partial charge in [-0.05, 0) is 34.4 Å². The zero-order valence-corrected chi connectivity index (χ0v) is 17.9. The first-order valence-corrected chi connectivity index (χ1v) is 10.8. The standard InChI is InChI=1S/C25H21ClN2O4/c26-15-9-10-23(27-11-15)20-12-28(13-21(20)24(29)30)25(31)32-14-22-18-7-3-1-5-16(18)17-6-2-4-8-19(17)22/h1-11,20-22H,12-14H2,(H,29,30). The summed E-state index contributed by atoms with van der Waals surface area (Å²) in [6, 6.07) is 19.7. The Labute approximate surface area is 190 Å². The topological polar surface area (TPSA) is 79.7 Å². The fourth-order valence-electron chi connectivity index (χ4n) is 4.79. The summed E-state index contributed by atoms with van der Waals surface area (Å²) in [7, 11) is 0. The van der Waals surface area contributed by atoms with Gasteiger partial charge in [0, 0.05) is 36.8 Å². The smallest absolute Gasteiger partial charge is 0.409 e. The first-order valence-electron chi connectivity index (χ1n) is 10.5. The summed E-state index contributed by atoms with van der Waals surface area (Å²) >= 11 is 5.91. The van der Waals surface area contributed by atoms with E-state index in [9.17, 15) is 14.7 Å². The number of carbonyl (C=O) groups is 2. The molecule has 2 unspecified atom stereocenters. The molecule has 1 aliphatic carbocycles. The lowest BCUT2D eigenvalue weighted by Gasteiger charge is -2.19. The van der Waals surface area contributed by atoms with Gasteiger partial charge in [0.2, 0.25) is 0 Å². The molecule has 1 aromatic heterocycles. The average Bonchev–Trinajstić information content (AvgIpc) is 3.39. The molecule has 0 saturated carbocycles. The van der Waals surface area contributed by atoms with E-state index in [1.807, 2.05) is 24.3 Å². The molecular formula is C25H21ClN2O4. The number of carboxylic acid groups (broad SMARTS) is 1. The van der Waals surface area contributed by atoms with Crippen molar-refractivity contribution in [2.24, 2.45) is 5.92 Å². The summed E-state index contributed by atoms with van der Waals surface area (Å²) in [6.45, 7) is 0.522. The van der Waals surface area contributed by atoms with E-state index >= 15 is 0 Å². The normalized spacial score (nSPS) is 19.5. The highest BCUT2D eigenvalue weighted by Gasteiger charge is 2.42. The molecule has 1 N–H and O–H groups in total. The number of carbonyl (C=O) groups excluding carboxylic acids is 1. The van der Waals surface area contributed by atoms with E-state index in [4.69, 9.17) is 16.3 Å². The molecule has 3 aromatic rings. The van der Waals surface area contributed by atoms with Gasteiger partial charge in [0.1, 0.15) is 6.61 Å². The predicted molar refractivity (Wildman–Crippen MR) is 120 cm³/mol. The van der Waals surface area contributed by atoms with Gasteiger partial charge in [-0.25, -0.2) is 4.79 Å². The minimum absolute atomic E-state index is 0.0436. The number of hydrogen-bond acceptors (Lipinski definition) is 4. The van der Waals surface area contributed by atoms with Crippen molar-refractivity contribution in [3.63, 3.8) is 0 Å². The van der Waals surface area contributed by atoms with E-state index in [1.165, 1.54) is 11.1 Å². The molecule has 2 aromatic carbocycles. The lowest BCUT2D eigenvalue weighted by molar-refractivity contribution is -0.141. The Kier molecular flexibility index (Phi) is 5.31. The Bertz CT molecular complexity index is 1140. The van der Waals surface area contributed by atoms with Gasteiger partial charge in [-0.3, -0.25) is 9.78 Å². The molecule has 162 valence electrons. The minimum Gasteiger partial charge on any atom is -0.481 e. The van der Waals surface area contributed by atoms with Crippen LogP contribution in [0.1, 0.15) is 28.7 Å². The van der Waals surface area contributed by atoms with Crippen LogP contribution in [-0.4, -0.2) is 46.7 Å². The Morgan fingerprint density at radius 1 is 1.00 bits per heavy atom. The summed E-state index contributed by atoms with van der Waals surface area (Å²) < 4.78 is 5.71. The van der Waals surface area contributed by atoms with Crippen LogP contribution in [0.3, 0.4) is 0 Å². The highest BCUT2D eigenvalue weighted by Crippen LogP contribution is 2.44. The van der Waals surface area contributed by atoms with Gasteiger partial charge in [-0.2, -0.15) is 0 Å². The molecule has 0 radical (unpaired) electrons. The fourth-order valence-corrected chi connectivity index (χ4v) is 4.91. The molecule has 1 saturated heterocycles. The number of aromatic nitrogens is 1. The van der Waals surface area contributed by atoms with Gasteiger partial charge in [-0.1, -0.05) is 60.1 Å². The van der Waals surface area contributed by atoms with Crippen LogP contribution >= 0.6 is 11.6 Å². The van der Waals surface area contributed by atoms with Gasteiger partial charge < -0.3 is 14.7 Å². The maximum Gasteiger partial charge on any atom is 0.409 e. The Morgan fingerprint density at radius 2 is 1.66 bits per heavy atom. The number of nitrogens with zero attached hydrogens (tertiary/aromatic N) is 2. The molecule has 2 aliphatic rings. The lowest BCUT2D eigenvalue weighted by atomic mass is 9.93. The Balaban J connectivity index is 1.32. The molecular weight excluding hydrogens is 428 g/mol. The summed E-state index contributed by atoms with van der Waals surface area (Å²) in [5.74, 6) is -2.16. The number of amides is 1. The molecule has 1 aliphatic heterocycles. The van der Waals surface area contributed by atoms with Crippen molar-refractivity contribution in [3.05, 3.63) is 88.7 Å². The van der Waals surface area contributed by atoms with E-state index < -0.39 is 23.9 Å². The second kappa shape index (κ2) is 8.28.